The van der Waals surface area contributed by atoms with Gasteiger partial charge in [0, 0.05) is 18.6 Å². The number of fused-ring (bicyclic) bond motifs is 10. The van der Waals surface area contributed by atoms with Crippen LogP contribution in [0.15, 0.2) is 55.1 Å². The molecule has 3 amide bonds. The Morgan fingerprint density at radius 3 is 2.33 bits per heavy atom. The van der Waals surface area contributed by atoms with Crippen LogP contribution in [-0.4, -0.2) is 69.8 Å². The molecule has 4 bridgehead atoms. The minimum atomic E-state index is -1.31. The highest BCUT2D eigenvalue weighted by Crippen LogP contribution is 2.24. The van der Waals surface area contributed by atoms with E-state index in [2.05, 4.69) is 35.2 Å². The van der Waals surface area contributed by atoms with Crippen molar-refractivity contribution < 1.29 is 34.2 Å². The van der Waals surface area contributed by atoms with Gasteiger partial charge in [0.05, 0.1) is 6.04 Å². The number of hydrogen-bond donors (Lipinski definition) is 7. The first kappa shape index (κ1) is 30.4. The highest BCUT2D eigenvalue weighted by Gasteiger charge is 2.31. The van der Waals surface area contributed by atoms with Crippen LogP contribution >= 0.6 is 12.6 Å². The molecule has 2 aromatic rings. The molecule has 4 atom stereocenters. The number of nitrogens with one attached hydrogen (secondary N) is 3. The monoisotopic (exact) mass is 568 g/mol. The SMILES string of the molecule is C=C1c2ccc(cc2)C[C@H](N)C(=O)N[C@@H](CCC(=O)O)C(=O)NC(C(=O)N[C@@H](CS)C(=O)O)Cc2cccc1c2. The summed E-state index contributed by atoms with van der Waals surface area (Å²) in [5.41, 5.74) is 9.83. The zero-order valence-corrected chi connectivity index (χ0v) is 22.5. The van der Waals surface area contributed by atoms with E-state index in [1.165, 1.54) is 0 Å². The number of hydrogen-bond acceptors (Lipinski definition) is 7. The van der Waals surface area contributed by atoms with Crippen molar-refractivity contribution in [3.05, 3.63) is 77.4 Å². The number of thiol groups is 1. The molecule has 0 saturated carbocycles. The lowest BCUT2D eigenvalue weighted by Crippen LogP contribution is -2.58. The van der Waals surface area contributed by atoms with Gasteiger partial charge in [-0.2, -0.15) is 12.6 Å². The van der Waals surface area contributed by atoms with Crippen molar-refractivity contribution in [2.75, 3.05) is 5.75 Å². The molecule has 1 unspecified atom stereocenters. The van der Waals surface area contributed by atoms with Crippen molar-refractivity contribution >= 4 is 47.9 Å². The minimum absolute atomic E-state index is 0.0321. The Hall–Kier alpha value is -4.16. The molecule has 0 radical (unpaired) electrons. The highest BCUT2D eigenvalue weighted by molar-refractivity contribution is 7.80. The number of carboxylic acid groups (broad SMARTS) is 2. The van der Waals surface area contributed by atoms with E-state index in [0.717, 1.165) is 16.7 Å². The summed E-state index contributed by atoms with van der Waals surface area (Å²) < 4.78 is 0. The molecule has 2 aromatic carbocycles. The molecule has 0 spiro atoms. The lowest BCUT2D eigenvalue weighted by molar-refractivity contribution is -0.141. The second kappa shape index (κ2) is 13.8. The third kappa shape index (κ3) is 8.17. The number of amides is 3. The summed E-state index contributed by atoms with van der Waals surface area (Å²) in [4.78, 5) is 62.1. The van der Waals surface area contributed by atoms with Crippen LogP contribution in [0.1, 0.15) is 35.1 Å². The zero-order valence-electron chi connectivity index (χ0n) is 21.6. The van der Waals surface area contributed by atoms with Crippen molar-refractivity contribution in [1.29, 1.82) is 0 Å². The average Bonchev–Trinajstić information content (AvgIpc) is 2.92. The van der Waals surface area contributed by atoms with E-state index in [9.17, 15) is 34.2 Å². The minimum Gasteiger partial charge on any atom is -0.481 e. The molecule has 40 heavy (non-hydrogen) atoms. The number of benzene rings is 2. The second-order valence-electron chi connectivity index (χ2n) is 9.53. The number of nitrogens with two attached hydrogens (primary N) is 1. The van der Waals surface area contributed by atoms with Crippen LogP contribution in [0.25, 0.3) is 5.57 Å². The van der Waals surface area contributed by atoms with Crippen molar-refractivity contribution in [1.82, 2.24) is 16.0 Å². The van der Waals surface area contributed by atoms with Gasteiger partial charge in [-0.1, -0.05) is 55.1 Å². The van der Waals surface area contributed by atoms with Crippen molar-refractivity contribution in [3.63, 3.8) is 0 Å². The highest BCUT2D eigenvalue weighted by atomic mass is 32.1. The van der Waals surface area contributed by atoms with E-state index in [4.69, 9.17) is 5.73 Å². The first-order chi connectivity index (χ1) is 19.0. The topological polar surface area (TPSA) is 188 Å². The first-order valence-electron chi connectivity index (χ1n) is 12.6. The molecule has 0 fully saturated rings. The van der Waals surface area contributed by atoms with Gasteiger partial charge in [0.1, 0.15) is 18.1 Å². The fraction of sp³-hybridized carbons (Fsp3) is 0.321. The second-order valence-corrected chi connectivity index (χ2v) is 9.89. The Balaban J connectivity index is 2.03. The summed E-state index contributed by atoms with van der Waals surface area (Å²) in [6.45, 7) is 4.18. The van der Waals surface area contributed by atoms with Gasteiger partial charge in [0.25, 0.3) is 0 Å². The predicted octanol–water partition coefficient (Wildman–Crippen LogP) is 0.508. The van der Waals surface area contributed by atoms with Crippen molar-refractivity contribution in [2.24, 2.45) is 5.73 Å². The number of carbonyl (C=O) groups excluding carboxylic acids is 3. The third-order valence-electron chi connectivity index (χ3n) is 6.52. The van der Waals surface area contributed by atoms with E-state index >= 15 is 0 Å². The molecule has 0 saturated heterocycles. The Morgan fingerprint density at radius 2 is 1.70 bits per heavy atom. The quantitative estimate of drug-likeness (QED) is 0.235. The van der Waals surface area contributed by atoms with E-state index < -0.39 is 60.2 Å². The molecular weight excluding hydrogens is 536 g/mol. The molecule has 2 heterocycles. The van der Waals surface area contributed by atoms with Crippen molar-refractivity contribution in [2.45, 2.75) is 49.9 Å². The van der Waals surface area contributed by atoms with Gasteiger partial charge in [0.2, 0.25) is 17.7 Å². The van der Waals surface area contributed by atoms with Gasteiger partial charge in [-0.05, 0) is 40.7 Å². The van der Waals surface area contributed by atoms with Crippen molar-refractivity contribution in [3.8, 4) is 0 Å². The van der Waals surface area contributed by atoms with Crippen LogP contribution in [0.2, 0.25) is 0 Å². The summed E-state index contributed by atoms with van der Waals surface area (Å²) in [6, 6.07) is 9.62. The summed E-state index contributed by atoms with van der Waals surface area (Å²) >= 11 is 3.97. The van der Waals surface area contributed by atoms with E-state index in [1.54, 1.807) is 12.1 Å². The summed E-state index contributed by atoms with van der Waals surface area (Å²) in [5, 5.41) is 26.0. The average molecular weight is 569 g/mol. The molecule has 11 nitrogen and oxygen atoms in total. The zero-order chi connectivity index (χ0) is 29.4. The Morgan fingerprint density at radius 1 is 1.00 bits per heavy atom. The maximum atomic E-state index is 13.3. The number of aliphatic carboxylic acids is 2. The molecule has 7 N–H and O–H groups in total. The maximum Gasteiger partial charge on any atom is 0.327 e. The largest absolute Gasteiger partial charge is 0.481 e. The van der Waals surface area contributed by atoms with Gasteiger partial charge in [-0.3, -0.25) is 19.2 Å². The number of carbonyl (C=O) groups is 5. The summed E-state index contributed by atoms with van der Waals surface area (Å²) in [5.74, 6) is -4.94. The fourth-order valence-electron chi connectivity index (χ4n) is 4.23. The lowest BCUT2D eigenvalue weighted by Gasteiger charge is -2.25. The van der Waals surface area contributed by atoms with Crippen LogP contribution in [0.3, 0.4) is 0 Å². The van der Waals surface area contributed by atoms with Crippen LogP contribution in [0.4, 0.5) is 0 Å². The summed E-state index contributed by atoms with van der Waals surface area (Å²) in [6.07, 6.45) is -0.564. The maximum absolute atomic E-state index is 13.3. The van der Waals surface area contributed by atoms with Crippen LogP contribution in [0.5, 0.6) is 0 Å². The van der Waals surface area contributed by atoms with E-state index in [0.29, 0.717) is 11.1 Å². The fourth-order valence-corrected chi connectivity index (χ4v) is 4.48. The smallest absolute Gasteiger partial charge is 0.327 e. The molecule has 0 aromatic heterocycles. The summed E-state index contributed by atoms with van der Waals surface area (Å²) in [7, 11) is 0. The molecule has 4 rings (SSSR count). The molecule has 2 aliphatic rings. The van der Waals surface area contributed by atoms with Gasteiger partial charge >= 0.3 is 11.9 Å². The Kier molecular flexibility index (Phi) is 10.5. The predicted molar refractivity (Wildman–Crippen MR) is 151 cm³/mol. The van der Waals surface area contributed by atoms with Gasteiger partial charge in [-0.15, -0.1) is 0 Å². The van der Waals surface area contributed by atoms with Crippen LogP contribution < -0.4 is 21.7 Å². The van der Waals surface area contributed by atoms with Gasteiger partial charge in [-0.25, -0.2) is 4.79 Å². The Labute approximate surface area is 236 Å². The third-order valence-corrected chi connectivity index (χ3v) is 6.89. The molecule has 12 heteroatoms. The van der Waals surface area contributed by atoms with Crippen LogP contribution in [-0.2, 0) is 36.8 Å². The standard InChI is InChI=1S/C28H32N4O7S/c1-15-18-7-5-16(6-8-18)12-20(29)25(35)30-21(9-10-24(33)34)26(36)31-22(13-17-3-2-4-19(15)11-17)27(37)32-23(14-40)28(38)39/h2-8,11,20-23,40H,1,9-10,12-14,29H2,(H,30,35)(H,31,36)(H,32,37)(H,33,34)(H,38,39)/t20-,21-,22?,23-/m0/s1. The van der Waals surface area contributed by atoms with Crippen LogP contribution in [0, 0.1) is 0 Å². The van der Waals surface area contributed by atoms with Gasteiger partial charge in [0.15, 0.2) is 0 Å². The molecule has 0 aliphatic carbocycles. The molecular formula is C28H32N4O7S. The number of rotatable bonds is 7. The lowest BCUT2D eigenvalue weighted by atomic mass is 9.94. The molecule has 2 aliphatic heterocycles. The first-order valence-corrected chi connectivity index (χ1v) is 13.2. The Bertz CT molecular complexity index is 1300. The molecule has 212 valence electrons. The van der Waals surface area contributed by atoms with E-state index in [-0.39, 0.29) is 25.0 Å². The van der Waals surface area contributed by atoms with Gasteiger partial charge < -0.3 is 31.9 Å². The normalized spacial score (nSPS) is 20.6. The number of carboxylic acids is 2. The van der Waals surface area contributed by atoms with E-state index in [1.807, 2.05) is 36.4 Å².